The number of barbiturate groups is 1. The lowest BCUT2D eigenvalue weighted by molar-refractivity contribution is -0.255. The van der Waals surface area contributed by atoms with Crippen molar-refractivity contribution in [2.24, 2.45) is 0 Å². The molecule has 7 nitrogen and oxygen atoms in total. The summed E-state index contributed by atoms with van der Waals surface area (Å²) >= 11 is 0. The van der Waals surface area contributed by atoms with Crippen molar-refractivity contribution in [1.82, 2.24) is 10.2 Å². The molecule has 22 heavy (non-hydrogen) atoms. The van der Waals surface area contributed by atoms with E-state index in [9.17, 15) is 24.3 Å². The van der Waals surface area contributed by atoms with E-state index in [1.165, 1.54) is 36.4 Å². The van der Waals surface area contributed by atoms with Gasteiger partial charge in [-0.1, -0.05) is 30.3 Å². The quantitative estimate of drug-likeness (QED) is 0.466. The lowest BCUT2D eigenvalue weighted by atomic mass is 10.1. The van der Waals surface area contributed by atoms with Crippen LogP contribution < -0.4 is 10.4 Å². The Morgan fingerprint density at radius 3 is 2.41 bits per heavy atom. The molecule has 0 unspecified atom stereocenters. The number of rotatable bonds is 4. The predicted octanol–water partition coefficient (Wildman–Crippen LogP) is -0.302. The average molecular weight is 299 g/mol. The highest BCUT2D eigenvalue weighted by atomic mass is 16.4. The minimum atomic E-state index is -1.33. The summed E-state index contributed by atoms with van der Waals surface area (Å²) in [6, 6.07) is 4.62. The van der Waals surface area contributed by atoms with Gasteiger partial charge in [-0.15, -0.1) is 6.58 Å². The summed E-state index contributed by atoms with van der Waals surface area (Å²) in [6.07, 6.45) is 2.64. The Kier molecular flexibility index (Phi) is 4.17. The second kappa shape index (κ2) is 6.04. The molecule has 0 bridgehead atoms. The van der Waals surface area contributed by atoms with Crippen LogP contribution in [0, 0.1) is 0 Å². The third-order valence-electron chi connectivity index (χ3n) is 2.95. The van der Waals surface area contributed by atoms with Gasteiger partial charge in [-0.2, -0.15) is 0 Å². The SMILES string of the molecule is C=CCN1C(=O)NC(=O)/C(=C\c2ccc(C(=O)[O-])cc2)C1=O. The van der Waals surface area contributed by atoms with Gasteiger partial charge in [0.15, 0.2) is 0 Å². The molecular weight excluding hydrogens is 288 g/mol. The van der Waals surface area contributed by atoms with E-state index in [1.54, 1.807) is 0 Å². The number of urea groups is 1. The minimum absolute atomic E-state index is 0.0231. The van der Waals surface area contributed by atoms with Crippen molar-refractivity contribution in [1.29, 1.82) is 0 Å². The normalized spacial score (nSPS) is 16.6. The number of carbonyl (C=O) groups excluding carboxylic acids is 4. The number of nitrogens with zero attached hydrogens (tertiary/aromatic N) is 1. The summed E-state index contributed by atoms with van der Waals surface area (Å²) in [4.78, 5) is 47.0. The summed E-state index contributed by atoms with van der Waals surface area (Å²) < 4.78 is 0. The van der Waals surface area contributed by atoms with E-state index in [2.05, 4.69) is 11.9 Å². The monoisotopic (exact) mass is 299 g/mol. The zero-order valence-corrected chi connectivity index (χ0v) is 11.4. The van der Waals surface area contributed by atoms with E-state index >= 15 is 0 Å². The van der Waals surface area contributed by atoms with Crippen LogP contribution in [0.4, 0.5) is 4.79 Å². The molecule has 1 aromatic carbocycles. The van der Waals surface area contributed by atoms with Crippen LogP contribution in [0.2, 0.25) is 0 Å². The van der Waals surface area contributed by atoms with Crippen LogP contribution in [0.5, 0.6) is 0 Å². The van der Waals surface area contributed by atoms with Crippen molar-refractivity contribution in [2.75, 3.05) is 6.54 Å². The number of benzene rings is 1. The standard InChI is InChI=1S/C15H12N2O5/c1-2-7-17-13(19)11(12(18)16-15(17)22)8-9-3-5-10(6-4-9)14(20)21/h2-6,8H,1,7H2,(H,20,21)(H,16,18,22)/p-1/b11-8+. The first-order chi connectivity index (χ1) is 10.4. The largest absolute Gasteiger partial charge is 0.545 e. The van der Waals surface area contributed by atoms with Crippen LogP contribution in [0.15, 0.2) is 42.5 Å². The maximum atomic E-state index is 12.1. The fourth-order valence-electron chi connectivity index (χ4n) is 1.87. The van der Waals surface area contributed by atoms with Crippen LogP contribution in [0.3, 0.4) is 0 Å². The van der Waals surface area contributed by atoms with Crippen LogP contribution in [0.25, 0.3) is 6.08 Å². The molecule has 1 N–H and O–H groups in total. The Labute approximate surface area is 125 Å². The molecule has 0 radical (unpaired) electrons. The van der Waals surface area contributed by atoms with Gasteiger partial charge in [0.2, 0.25) is 0 Å². The maximum Gasteiger partial charge on any atom is 0.331 e. The van der Waals surface area contributed by atoms with Crippen molar-refractivity contribution >= 4 is 29.9 Å². The predicted molar refractivity (Wildman–Crippen MR) is 74.2 cm³/mol. The molecule has 1 fully saturated rings. The number of carboxylic acids is 1. The first kappa shape index (κ1) is 15.2. The fraction of sp³-hybridized carbons (Fsp3) is 0.0667. The van der Waals surface area contributed by atoms with Crippen molar-refractivity contribution in [3.63, 3.8) is 0 Å². The van der Waals surface area contributed by atoms with E-state index in [0.717, 1.165) is 4.90 Å². The van der Waals surface area contributed by atoms with Gasteiger partial charge in [-0.25, -0.2) is 4.79 Å². The summed E-state index contributed by atoms with van der Waals surface area (Å²) in [6.45, 7) is 3.41. The Balaban J connectivity index is 2.34. The van der Waals surface area contributed by atoms with E-state index in [4.69, 9.17) is 0 Å². The smallest absolute Gasteiger partial charge is 0.331 e. The van der Waals surface area contributed by atoms with Crippen LogP contribution in [0.1, 0.15) is 15.9 Å². The first-order valence-corrected chi connectivity index (χ1v) is 6.25. The lowest BCUT2D eigenvalue weighted by Crippen LogP contribution is -2.54. The molecular formula is C15H11N2O5-. The zero-order valence-electron chi connectivity index (χ0n) is 11.4. The zero-order chi connectivity index (χ0) is 16.3. The molecule has 0 spiro atoms. The molecule has 112 valence electrons. The molecule has 1 heterocycles. The first-order valence-electron chi connectivity index (χ1n) is 6.25. The Hall–Kier alpha value is -3.22. The Morgan fingerprint density at radius 1 is 1.23 bits per heavy atom. The van der Waals surface area contributed by atoms with Crippen LogP contribution >= 0.6 is 0 Å². The molecule has 0 aliphatic carbocycles. The molecule has 1 aliphatic rings. The number of aromatic carboxylic acids is 1. The molecule has 4 amide bonds. The number of imide groups is 2. The maximum absolute atomic E-state index is 12.1. The highest BCUT2D eigenvalue weighted by Crippen LogP contribution is 2.15. The van der Waals surface area contributed by atoms with E-state index in [1.807, 2.05) is 0 Å². The van der Waals surface area contributed by atoms with E-state index in [0.29, 0.717) is 5.56 Å². The van der Waals surface area contributed by atoms with Crippen molar-refractivity contribution < 1.29 is 24.3 Å². The van der Waals surface area contributed by atoms with Gasteiger partial charge in [0, 0.05) is 6.54 Å². The van der Waals surface area contributed by atoms with Gasteiger partial charge < -0.3 is 9.90 Å². The Bertz CT molecular complexity index is 703. The molecule has 2 rings (SSSR count). The second-order valence-corrected chi connectivity index (χ2v) is 4.43. The van der Waals surface area contributed by atoms with E-state index < -0.39 is 23.8 Å². The number of hydrogen-bond donors (Lipinski definition) is 1. The molecule has 0 atom stereocenters. The number of carboxylic acid groups (broad SMARTS) is 1. The number of hydrogen-bond acceptors (Lipinski definition) is 5. The van der Waals surface area contributed by atoms with Crippen molar-refractivity contribution in [2.45, 2.75) is 0 Å². The number of amides is 4. The van der Waals surface area contributed by atoms with Crippen LogP contribution in [-0.2, 0) is 9.59 Å². The van der Waals surface area contributed by atoms with Gasteiger partial charge in [-0.05, 0) is 17.2 Å². The molecule has 7 heteroatoms. The molecule has 1 saturated heterocycles. The average Bonchev–Trinajstić information content (AvgIpc) is 2.48. The topological polar surface area (TPSA) is 107 Å². The van der Waals surface area contributed by atoms with Gasteiger partial charge >= 0.3 is 6.03 Å². The van der Waals surface area contributed by atoms with Crippen molar-refractivity contribution in [3.8, 4) is 0 Å². The number of carbonyl (C=O) groups is 4. The van der Waals surface area contributed by atoms with Gasteiger partial charge in [0.25, 0.3) is 11.8 Å². The van der Waals surface area contributed by atoms with Gasteiger partial charge in [0.05, 0.1) is 5.97 Å². The summed E-state index contributed by atoms with van der Waals surface area (Å²) in [5.41, 5.74) is 0.198. The fourth-order valence-corrected chi connectivity index (χ4v) is 1.87. The minimum Gasteiger partial charge on any atom is -0.545 e. The summed E-state index contributed by atoms with van der Waals surface area (Å²) in [5, 5.41) is 12.7. The highest BCUT2D eigenvalue weighted by Gasteiger charge is 2.34. The molecule has 0 aromatic heterocycles. The van der Waals surface area contributed by atoms with Gasteiger partial charge in [-0.3, -0.25) is 19.8 Å². The van der Waals surface area contributed by atoms with Crippen LogP contribution in [-0.4, -0.2) is 35.3 Å². The molecule has 0 saturated carbocycles. The Morgan fingerprint density at radius 2 is 1.86 bits per heavy atom. The molecule has 1 aromatic rings. The third kappa shape index (κ3) is 2.93. The number of nitrogens with one attached hydrogen (secondary N) is 1. The summed E-state index contributed by atoms with van der Waals surface area (Å²) in [7, 11) is 0. The van der Waals surface area contributed by atoms with E-state index in [-0.39, 0.29) is 17.7 Å². The summed E-state index contributed by atoms with van der Waals surface area (Å²) in [5.74, 6) is -2.87. The second-order valence-electron chi connectivity index (χ2n) is 4.43. The van der Waals surface area contributed by atoms with Crippen molar-refractivity contribution in [3.05, 3.63) is 53.6 Å². The van der Waals surface area contributed by atoms with Gasteiger partial charge in [0.1, 0.15) is 5.57 Å². The lowest BCUT2D eigenvalue weighted by Gasteiger charge is -2.25. The molecule has 1 aliphatic heterocycles. The third-order valence-corrected chi connectivity index (χ3v) is 2.95. The highest BCUT2D eigenvalue weighted by molar-refractivity contribution is 6.31.